The number of urea groups is 1. The molecule has 0 radical (unpaired) electrons. The molecule has 0 fully saturated rings. The molecule has 1 rings (SSSR count). The Balaban J connectivity index is 2.41. The van der Waals surface area contributed by atoms with E-state index in [0.29, 0.717) is 0 Å². The molecule has 0 aromatic heterocycles. The molecule has 0 bridgehead atoms. The van der Waals surface area contributed by atoms with Crippen LogP contribution in [0.2, 0.25) is 0 Å². The summed E-state index contributed by atoms with van der Waals surface area (Å²) in [5, 5.41) is 5.13. The van der Waals surface area contributed by atoms with Crippen LogP contribution in [0.4, 0.5) is 9.18 Å². The largest absolute Gasteiger partial charge is 0.350 e. The molecule has 0 aliphatic rings. The van der Waals surface area contributed by atoms with Crippen molar-refractivity contribution in [2.24, 2.45) is 0 Å². The van der Waals surface area contributed by atoms with E-state index >= 15 is 0 Å². The van der Waals surface area contributed by atoms with Crippen molar-refractivity contribution in [2.75, 3.05) is 27.2 Å². The van der Waals surface area contributed by atoms with E-state index in [-0.39, 0.29) is 24.7 Å². The molecule has 0 aliphatic heterocycles. The van der Waals surface area contributed by atoms with E-state index < -0.39 is 11.7 Å². The number of amides is 3. The van der Waals surface area contributed by atoms with Gasteiger partial charge in [-0.2, -0.15) is 0 Å². The number of aryl methyl sites for hydroxylation is 1. The topological polar surface area (TPSA) is 61.4 Å². The van der Waals surface area contributed by atoms with Crippen LogP contribution < -0.4 is 10.6 Å². The molecule has 0 aliphatic carbocycles. The molecule has 19 heavy (non-hydrogen) atoms. The zero-order valence-electron chi connectivity index (χ0n) is 11.3. The lowest BCUT2D eigenvalue weighted by Crippen LogP contribution is -2.39. The SMILES string of the molecule is Cc1ccc(C(=O)NCCNC(=O)N(C)C)c(F)c1. The van der Waals surface area contributed by atoms with Crippen LogP contribution in [0.5, 0.6) is 0 Å². The van der Waals surface area contributed by atoms with Crippen LogP contribution in [0.3, 0.4) is 0 Å². The van der Waals surface area contributed by atoms with Gasteiger partial charge >= 0.3 is 6.03 Å². The minimum Gasteiger partial charge on any atom is -0.350 e. The van der Waals surface area contributed by atoms with Crippen molar-refractivity contribution < 1.29 is 14.0 Å². The summed E-state index contributed by atoms with van der Waals surface area (Å²) in [6, 6.07) is 4.18. The first-order valence-electron chi connectivity index (χ1n) is 5.91. The van der Waals surface area contributed by atoms with Crippen LogP contribution in [0.25, 0.3) is 0 Å². The van der Waals surface area contributed by atoms with Gasteiger partial charge in [-0.3, -0.25) is 4.79 Å². The predicted molar refractivity (Wildman–Crippen MR) is 70.6 cm³/mol. The number of halogens is 1. The Morgan fingerprint density at radius 3 is 2.42 bits per heavy atom. The zero-order valence-corrected chi connectivity index (χ0v) is 11.3. The monoisotopic (exact) mass is 267 g/mol. The molecule has 0 heterocycles. The summed E-state index contributed by atoms with van der Waals surface area (Å²) in [6.07, 6.45) is 0. The normalized spacial score (nSPS) is 9.89. The van der Waals surface area contributed by atoms with Crippen molar-refractivity contribution in [1.82, 2.24) is 15.5 Å². The van der Waals surface area contributed by atoms with Gasteiger partial charge in [0.15, 0.2) is 0 Å². The number of carbonyl (C=O) groups excluding carboxylic acids is 2. The second kappa shape index (κ2) is 6.72. The molecule has 0 saturated heterocycles. The number of nitrogens with one attached hydrogen (secondary N) is 2. The molecular formula is C13H18FN3O2. The summed E-state index contributed by atoms with van der Waals surface area (Å²) in [4.78, 5) is 24.3. The standard InChI is InChI=1S/C13H18FN3O2/c1-9-4-5-10(11(14)8-9)12(18)15-6-7-16-13(19)17(2)3/h4-5,8H,6-7H2,1-3H3,(H,15,18)(H,16,19). The molecule has 1 aromatic carbocycles. The van der Waals surface area contributed by atoms with Crippen LogP contribution in [0.15, 0.2) is 18.2 Å². The number of hydrogen-bond acceptors (Lipinski definition) is 2. The van der Waals surface area contributed by atoms with E-state index in [2.05, 4.69) is 10.6 Å². The minimum absolute atomic E-state index is 0.00420. The van der Waals surface area contributed by atoms with Gasteiger partial charge in [-0.15, -0.1) is 0 Å². The number of hydrogen-bond donors (Lipinski definition) is 2. The fraction of sp³-hybridized carbons (Fsp3) is 0.385. The van der Waals surface area contributed by atoms with Crippen LogP contribution in [0, 0.1) is 12.7 Å². The van der Waals surface area contributed by atoms with E-state index in [0.717, 1.165) is 5.56 Å². The third-order valence-electron chi connectivity index (χ3n) is 2.46. The summed E-state index contributed by atoms with van der Waals surface area (Å²) in [5.74, 6) is -1.04. The van der Waals surface area contributed by atoms with Gasteiger partial charge in [0.05, 0.1) is 5.56 Å². The lowest BCUT2D eigenvalue weighted by Gasteiger charge is -2.12. The van der Waals surface area contributed by atoms with Crippen molar-refractivity contribution in [2.45, 2.75) is 6.92 Å². The van der Waals surface area contributed by atoms with Crippen LogP contribution >= 0.6 is 0 Å². The Kier molecular flexibility index (Phi) is 5.29. The van der Waals surface area contributed by atoms with Gasteiger partial charge in [0, 0.05) is 27.2 Å². The maximum Gasteiger partial charge on any atom is 0.316 e. The van der Waals surface area contributed by atoms with Crippen molar-refractivity contribution >= 4 is 11.9 Å². The van der Waals surface area contributed by atoms with Gasteiger partial charge in [-0.25, -0.2) is 9.18 Å². The first kappa shape index (κ1) is 14.9. The Labute approximate surface area is 111 Å². The highest BCUT2D eigenvalue weighted by Gasteiger charge is 2.11. The maximum absolute atomic E-state index is 13.5. The molecule has 6 heteroatoms. The quantitative estimate of drug-likeness (QED) is 0.803. The second-order valence-electron chi connectivity index (χ2n) is 4.37. The smallest absolute Gasteiger partial charge is 0.316 e. The lowest BCUT2D eigenvalue weighted by atomic mass is 10.1. The predicted octanol–water partition coefficient (Wildman–Crippen LogP) is 1.14. The number of benzene rings is 1. The molecule has 104 valence electrons. The highest BCUT2D eigenvalue weighted by Crippen LogP contribution is 2.09. The maximum atomic E-state index is 13.5. The molecule has 0 atom stereocenters. The third kappa shape index (κ3) is 4.57. The molecular weight excluding hydrogens is 249 g/mol. The van der Waals surface area contributed by atoms with E-state index in [9.17, 15) is 14.0 Å². The molecule has 0 unspecified atom stereocenters. The summed E-state index contributed by atoms with van der Waals surface area (Å²) >= 11 is 0. The fourth-order valence-corrected chi connectivity index (χ4v) is 1.40. The van der Waals surface area contributed by atoms with Crippen LogP contribution in [0.1, 0.15) is 15.9 Å². The van der Waals surface area contributed by atoms with E-state index in [1.807, 2.05) is 0 Å². The summed E-state index contributed by atoms with van der Waals surface area (Å²) < 4.78 is 13.5. The number of carbonyl (C=O) groups is 2. The first-order valence-corrected chi connectivity index (χ1v) is 5.91. The Morgan fingerprint density at radius 2 is 1.84 bits per heavy atom. The summed E-state index contributed by atoms with van der Waals surface area (Å²) in [7, 11) is 3.24. The van der Waals surface area contributed by atoms with Gasteiger partial charge in [-0.05, 0) is 24.6 Å². The van der Waals surface area contributed by atoms with Gasteiger partial charge < -0.3 is 15.5 Å². The average Bonchev–Trinajstić information content (AvgIpc) is 2.33. The van der Waals surface area contributed by atoms with Crippen LogP contribution in [-0.2, 0) is 0 Å². The molecule has 0 spiro atoms. The van der Waals surface area contributed by atoms with E-state index in [1.54, 1.807) is 27.1 Å². The first-order chi connectivity index (χ1) is 8.91. The lowest BCUT2D eigenvalue weighted by molar-refractivity contribution is 0.0949. The minimum atomic E-state index is -0.546. The number of rotatable bonds is 4. The van der Waals surface area contributed by atoms with Gasteiger partial charge in [0.25, 0.3) is 5.91 Å². The van der Waals surface area contributed by atoms with Crippen molar-refractivity contribution in [3.63, 3.8) is 0 Å². The summed E-state index contributed by atoms with van der Waals surface area (Å²) in [5.41, 5.74) is 0.761. The molecule has 3 amide bonds. The van der Waals surface area contributed by atoms with Gasteiger partial charge in [-0.1, -0.05) is 6.07 Å². The Morgan fingerprint density at radius 1 is 1.21 bits per heavy atom. The molecule has 5 nitrogen and oxygen atoms in total. The third-order valence-corrected chi connectivity index (χ3v) is 2.46. The Hall–Kier alpha value is -2.11. The van der Waals surface area contributed by atoms with Crippen molar-refractivity contribution in [1.29, 1.82) is 0 Å². The fourth-order valence-electron chi connectivity index (χ4n) is 1.40. The van der Waals surface area contributed by atoms with Crippen LogP contribution in [-0.4, -0.2) is 44.0 Å². The zero-order chi connectivity index (χ0) is 14.4. The van der Waals surface area contributed by atoms with Crippen molar-refractivity contribution in [3.05, 3.63) is 35.1 Å². The van der Waals surface area contributed by atoms with Gasteiger partial charge in [0.1, 0.15) is 5.82 Å². The van der Waals surface area contributed by atoms with E-state index in [1.165, 1.54) is 17.0 Å². The average molecular weight is 267 g/mol. The highest BCUT2D eigenvalue weighted by molar-refractivity contribution is 5.94. The highest BCUT2D eigenvalue weighted by atomic mass is 19.1. The Bertz CT molecular complexity index is 475. The molecule has 1 aromatic rings. The number of nitrogens with zero attached hydrogens (tertiary/aromatic N) is 1. The van der Waals surface area contributed by atoms with Crippen molar-refractivity contribution in [3.8, 4) is 0 Å². The summed E-state index contributed by atoms with van der Waals surface area (Å²) in [6.45, 7) is 2.28. The van der Waals surface area contributed by atoms with E-state index in [4.69, 9.17) is 0 Å². The molecule has 2 N–H and O–H groups in total. The molecule has 0 saturated carbocycles. The second-order valence-corrected chi connectivity index (χ2v) is 4.37. The van der Waals surface area contributed by atoms with Gasteiger partial charge in [0.2, 0.25) is 0 Å².